The molecule has 0 aromatic heterocycles. The van der Waals surface area contributed by atoms with Crippen molar-refractivity contribution in [3.63, 3.8) is 0 Å². The molecule has 17 heavy (non-hydrogen) atoms. The van der Waals surface area contributed by atoms with Crippen molar-refractivity contribution in [3.8, 4) is 5.75 Å². The van der Waals surface area contributed by atoms with E-state index >= 15 is 0 Å². The predicted octanol–water partition coefficient (Wildman–Crippen LogP) is 3.31. The molecule has 0 amide bonds. The molecule has 0 saturated heterocycles. The Hall–Kier alpha value is -1.31. The first-order valence-electron chi connectivity index (χ1n) is 6.52. The second kappa shape index (κ2) is 5.35. The summed E-state index contributed by atoms with van der Waals surface area (Å²) < 4.78 is 5.68. The minimum atomic E-state index is -0.332. The van der Waals surface area contributed by atoms with Crippen molar-refractivity contribution in [2.45, 2.75) is 52.1 Å². The molecule has 1 aromatic carbocycles. The first-order chi connectivity index (χ1) is 8.20. The van der Waals surface area contributed by atoms with E-state index in [0.29, 0.717) is 6.42 Å². The van der Waals surface area contributed by atoms with Crippen molar-refractivity contribution in [3.05, 3.63) is 29.3 Å². The van der Waals surface area contributed by atoms with Crippen LogP contribution < -0.4 is 4.74 Å². The van der Waals surface area contributed by atoms with Gasteiger partial charge in [-0.05, 0) is 55.9 Å². The largest absolute Gasteiger partial charge is 0.483 e. The first kappa shape index (κ1) is 12.2. The molecule has 0 heterocycles. The molecule has 2 heteroatoms. The van der Waals surface area contributed by atoms with Gasteiger partial charge in [0.05, 0.1) is 0 Å². The van der Waals surface area contributed by atoms with Gasteiger partial charge in [-0.2, -0.15) is 0 Å². The maximum atomic E-state index is 11.5. The minimum absolute atomic E-state index is 0.155. The third kappa shape index (κ3) is 2.87. The number of rotatable bonds is 4. The summed E-state index contributed by atoms with van der Waals surface area (Å²) in [4.78, 5) is 11.5. The van der Waals surface area contributed by atoms with Gasteiger partial charge in [0.1, 0.15) is 5.75 Å². The molecule has 0 fully saturated rings. The van der Waals surface area contributed by atoms with Crippen LogP contribution >= 0.6 is 0 Å². The van der Waals surface area contributed by atoms with Gasteiger partial charge in [-0.1, -0.05) is 13.0 Å². The molecule has 0 N–H and O–H groups in total. The fourth-order valence-electron chi connectivity index (χ4n) is 2.34. The van der Waals surface area contributed by atoms with Crippen LogP contribution in [0.2, 0.25) is 0 Å². The number of carbonyl (C=O) groups is 1. The van der Waals surface area contributed by atoms with E-state index in [4.69, 9.17) is 4.74 Å². The minimum Gasteiger partial charge on any atom is -0.483 e. The second-order valence-electron chi connectivity index (χ2n) is 4.72. The Morgan fingerprint density at radius 3 is 2.71 bits per heavy atom. The van der Waals surface area contributed by atoms with Crippen LogP contribution in [0.25, 0.3) is 0 Å². The summed E-state index contributed by atoms with van der Waals surface area (Å²) in [6.45, 7) is 3.69. The lowest BCUT2D eigenvalue weighted by Gasteiger charge is -2.18. The Kier molecular flexibility index (Phi) is 3.82. The number of ketones is 1. The van der Waals surface area contributed by atoms with Gasteiger partial charge in [-0.15, -0.1) is 0 Å². The summed E-state index contributed by atoms with van der Waals surface area (Å²) in [7, 11) is 0. The summed E-state index contributed by atoms with van der Waals surface area (Å²) >= 11 is 0. The molecule has 1 aliphatic rings. The molecule has 0 bridgehead atoms. The van der Waals surface area contributed by atoms with E-state index in [1.807, 2.05) is 19.9 Å². The van der Waals surface area contributed by atoms with Crippen LogP contribution in [-0.4, -0.2) is 11.9 Å². The lowest BCUT2D eigenvalue weighted by molar-refractivity contribution is -0.124. The fourth-order valence-corrected chi connectivity index (χ4v) is 2.34. The Labute approximate surface area is 103 Å². The summed E-state index contributed by atoms with van der Waals surface area (Å²) in [5.74, 6) is 0.989. The van der Waals surface area contributed by atoms with E-state index in [2.05, 4.69) is 12.1 Å². The first-order valence-corrected chi connectivity index (χ1v) is 6.52. The molecular formula is C15H20O2. The SMILES string of the molecule is CCC(=O)C(C)Oc1ccc2c(c1)CCCC2. The summed E-state index contributed by atoms with van der Waals surface area (Å²) in [6.07, 6.45) is 5.08. The van der Waals surface area contributed by atoms with Gasteiger partial charge in [0, 0.05) is 6.42 Å². The van der Waals surface area contributed by atoms with Crippen molar-refractivity contribution >= 4 is 5.78 Å². The van der Waals surface area contributed by atoms with E-state index in [1.165, 1.54) is 30.4 Å². The molecule has 0 aliphatic heterocycles. The van der Waals surface area contributed by atoms with Crippen LogP contribution in [0.4, 0.5) is 0 Å². The number of hydrogen-bond acceptors (Lipinski definition) is 2. The molecule has 2 rings (SSSR count). The van der Waals surface area contributed by atoms with Crippen LogP contribution in [0.3, 0.4) is 0 Å². The molecule has 1 aliphatic carbocycles. The number of fused-ring (bicyclic) bond motifs is 1. The van der Waals surface area contributed by atoms with Crippen molar-refractivity contribution in [1.82, 2.24) is 0 Å². The lowest BCUT2D eigenvalue weighted by Crippen LogP contribution is -2.22. The molecule has 1 unspecified atom stereocenters. The van der Waals surface area contributed by atoms with Crippen molar-refractivity contribution in [2.24, 2.45) is 0 Å². The van der Waals surface area contributed by atoms with Crippen LogP contribution in [0.15, 0.2) is 18.2 Å². The number of ether oxygens (including phenoxy) is 1. The number of Topliss-reactive ketones (excluding diaryl/α,β-unsaturated/α-hetero) is 1. The van der Waals surface area contributed by atoms with Crippen LogP contribution in [0.1, 0.15) is 44.2 Å². The van der Waals surface area contributed by atoms with Gasteiger partial charge in [-0.25, -0.2) is 0 Å². The zero-order chi connectivity index (χ0) is 12.3. The van der Waals surface area contributed by atoms with Crippen LogP contribution in [0, 0.1) is 0 Å². The zero-order valence-corrected chi connectivity index (χ0v) is 10.7. The maximum Gasteiger partial charge on any atom is 0.172 e. The molecule has 1 aromatic rings. The highest BCUT2D eigenvalue weighted by Gasteiger charge is 2.14. The molecule has 2 nitrogen and oxygen atoms in total. The highest BCUT2D eigenvalue weighted by molar-refractivity contribution is 5.82. The Morgan fingerprint density at radius 1 is 1.29 bits per heavy atom. The normalized spacial score (nSPS) is 16.1. The molecular weight excluding hydrogens is 212 g/mol. The molecule has 0 radical (unpaired) electrons. The second-order valence-corrected chi connectivity index (χ2v) is 4.72. The Morgan fingerprint density at radius 2 is 2.00 bits per heavy atom. The molecule has 0 saturated carbocycles. The van der Waals surface area contributed by atoms with Crippen molar-refractivity contribution in [1.29, 1.82) is 0 Å². The van der Waals surface area contributed by atoms with Gasteiger partial charge in [0.25, 0.3) is 0 Å². The van der Waals surface area contributed by atoms with Crippen molar-refractivity contribution in [2.75, 3.05) is 0 Å². The summed E-state index contributed by atoms with van der Waals surface area (Å²) in [6, 6.07) is 6.24. The summed E-state index contributed by atoms with van der Waals surface area (Å²) in [5.41, 5.74) is 2.84. The highest BCUT2D eigenvalue weighted by atomic mass is 16.5. The van der Waals surface area contributed by atoms with E-state index < -0.39 is 0 Å². The standard InChI is InChI=1S/C15H20O2/c1-3-15(16)11(2)17-14-9-8-12-6-4-5-7-13(12)10-14/h8-11H,3-7H2,1-2H3. The average molecular weight is 232 g/mol. The van der Waals surface area contributed by atoms with E-state index in [-0.39, 0.29) is 11.9 Å². The van der Waals surface area contributed by atoms with Gasteiger partial charge in [0.15, 0.2) is 11.9 Å². The quantitative estimate of drug-likeness (QED) is 0.796. The maximum absolute atomic E-state index is 11.5. The van der Waals surface area contributed by atoms with Gasteiger partial charge in [-0.3, -0.25) is 4.79 Å². The van der Waals surface area contributed by atoms with Crippen LogP contribution in [-0.2, 0) is 17.6 Å². The van der Waals surface area contributed by atoms with Gasteiger partial charge >= 0.3 is 0 Å². The van der Waals surface area contributed by atoms with Gasteiger partial charge in [0.2, 0.25) is 0 Å². The van der Waals surface area contributed by atoms with E-state index in [1.54, 1.807) is 0 Å². The van der Waals surface area contributed by atoms with E-state index in [9.17, 15) is 4.79 Å². The summed E-state index contributed by atoms with van der Waals surface area (Å²) in [5, 5.41) is 0. The third-order valence-electron chi connectivity index (χ3n) is 3.43. The smallest absolute Gasteiger partial charge is 0.172 e. The molecule has 0 spiro atoms. The van der Waals surface area contributed by atoms with Crippen molar-refractivity contribution < 1.29 is 9.53 Å². The third-order valence-corrected chi connectivity index (χ3v) is 3.43. The van der Waals surface area contributed by atoms with Gasteiger partial charge < -0.3 is 4.74 Å². The number of benzene rings is 1. The Bertz CT molecular complexity index is 409. The fraction of sp³-hybridized carbons (Fsp3) is 0.533. The highest BCUT2D eigenvalue weighted by Crippen LogP contribution is 2.25. The molecule has 1 atom stereocenters. The van der Waals surface area contributed by atoms with E-state index in [0.717, 1.165) is 12.2 Å². The number of carbonyl (C=O) groups excluding carboxylic acids is 1. The monoisotopic (exact) mass is 232 g/mol. The number of aryl methyl sites for hydroxylation is 2. The predicted molar refractivity (Wildman–Crippen MR) is 68.5 cm³/mol. The molecule has 92 valence electrons. The lowest BCUT2D eigenvalue weighted by atomic mass is 9.92. The van der Waals surface area contributed by atoms with Crippen LogP contribution in [0.5, 0.6) is 5.75 Å². The number of hydrogen-bond donors (Lipinski definition) is 0. The average Bonchev–Trinajstić information content (AvgIpc) is 2.37. The topological polar surface area (TPSA) is 26.3 Å². The zero-order valence-electron chi connectivity index (χ0n) is 10.7. The Balaban J connectivity index is 2.09.